The van der Waals surface area contributed by atoms with E-state index >= 15 is 0 Å². The molecule has 0 saturated heterocycles. The number of alkyl halides is 2. The highest BCUT2D eigenvalue weighted by Gasteiger charge is 2.29. The second-order valence-corrected chi connectivity index (χ2v) is 6.11. The van der Waals surface area contributed by atoms with Gasteiger partial charge in [-0.2, -0.15) is 8.78 Å². The Balaban J connectivity index is 3.01. The second-order valence-electron chi connectivity index (χ2n) is 4.22. The molecule has 1 aromatic carbocycles. The third-order valence-corrected chi connectivity index (χ3v) is 4.11. The lowest BCUT2D eigenvalue weighted by Crippen LogP contribution is -2.27. The van der Waals surface area contributed by atoms with Crippen molar-refractivity contribution in [1.29, 1.82) is 0 Å². The summed E-state index contributed by atoms with van der Waals surface area (Å²) in [5.74, 6) is -4.06. The average molecular weight is 306 g/mol. The van der Waals surface area contributed by atoms with Gasteiger partial charge in [0.1, 0.15) is 0 Å². The van der Waals surface area contributed by atoms with Gasteiger partial charge in [0.2, 0.25) is 15.7 Å². The minimum atomic E-state index is -4.77. The molecular weight excluding hydrogens is 290 g/mol. The van der Waals surface area contributed by atoms with E-state index in [9.17, 15) is 22.0 Å². The summed E-state index contributed by atoms with van der Waals surface area (Å²) in [5.41, 5.74) is 5.43. The van der Waals surface area contributed by atoms with E-state index in [-0.39, 0.29) is 18.2 Å². The maximum Gasteiger partial charge on any atom is 0.341 e. The number of anilines is 1. The van der Waals surface area contributed by atoms with E-state index in [0.717, 1.165) is 6.07 Å². The summed E-state index contributed by atoms with van der Waals surface area (Å²) in [6.07, 6.45) is 0.559. The highest BCUT2D eigenvalue weighted by atomic mass is 32.2. The highest BCUT2D eigenvalue weighted by molar-refractivity contribution is 7.91. The van der Waals surface area contributed by atoms with Crippen molar-refractivity contribution in [3.05, 3.63) is 24.3 Å². The number of halogens is 2. The molecule has 112 valence electrons. The van der Waals surface area contributed by atoms with Crippen molar-refractivity contribution in [2.45, 2.75) is 36.5 Å². The molecule has 3 N–H and O–H groups in total. The third-order valence-electron chi connectivity index (χ3n) is 2.67. The average Bonchev–Trinajstić information content (AvgIpc) is 2.38. The van der Waals surface area contributed by atoms with Gasteiger partial charge in [0, 0.05) is 12.5 Å². The first-order valence-electron chi connectivity index (χ1n) is 5.95. The van der Waals surface area contributed by atoms with E-state index in [0.29, 0.717) is 6.42 Å². The number of rotatable bonds is 6. The molecule has 0 spiro atoms. The molecule has 0 heterocycles. The Labute approximate surface area is 116 Å². The molecule has 0 saturated carbocycles. The van der Waals surface area contributed by atoms with Crippen molar-refractivity contribution in [3.63, 3.8) is 0 Å². The van der Waals surface area contributed by atoms with Gasteiger partial charge >= 0.3 is 5.76 Å². The predicted octanol–water partition coefficient (Wildman–Crippen LogP) is 1.75. The Hall–Kier alpha value is -1.54. The van der Waals surface area contributed by atoms with E-state index in [1.54, 1.807) is 6.92 Å². The molecule has 5 nitrogen and oxygen atoms in total. The van der Waals surface area contributed by atoms with Crippen LogP contribution in [-0.4, -0.2) is 26.1 Å². The molecular formula is C12H16F2N2O3S. The Morgan fingerprint density at radius 2 is 1.95 bits per heavy atom. The summed E-state index contributed by atoms with van der Waals surface area (Å²) in [7, 11) is -4.77. The minimum Gasteiger partial charge on any atom is -0.327 e. The maximum atomic E-state index is 12.6. The van der Waals surface area contributed by atoms with Gasteiger partial charge in [-0.3, -0.25) is 4.79 Å². The molecule has 8 heteroatoms. The van der Waals surface area contributed by atoms with E-state index in [1.165, 1.54) is 18.2 Å². The Bertz CT molecular complexity index is 576. The molecule has 1 aromatic rings. The van der Waals surface area contributed by atoms with E-state index in [2.05, 4.69) is 5.32 Å². The SMILES string of the molecule is CCC(N)CC(=O)Nc1ccccc1S(=O)(=O)C(F)F. The molecule has 0 aromatic heterocycles. The van der Waals surface area contributed by atoms with Gasteiger partial charge in [-0.05, 0) is 18.6 Å². The second kappa shape index (κ2) is 6.76. The van der Waals surface area contributed by atoms with Gasteiger partial charge in [0.25, 0.3) is 0 Å². The topological polar surface area (TPSA) is 89.3 Å². The summed E-state index contributed by atoms with van der Waals surface area (Å²) in [5, 5.41) is 2.31. The summed E-state index contributed by atoms with van der Waals surface area (Å²) >= 11 is 0. The fourth-order valence-corrected chi connectivity index (χ4v) is 2.38. The lowest BCUT2D eigenvalue weighted by Gasteiger charge is -2.13. The molecule has 1 unspecified atom stereocenters. The molecule has 0 aliphatic carbocycles. The minimum absolute atomic E-state index is 0.0143. The van der Waals surface area contributed by atoms with Gasteiger partial charge in [-0.25, -0.2) is 8.42 Å². The molecule has 0 radical (unpaired) electrons. The summed E-state index contributed by atoms with van der Waals surface area (Å²) in [4.78, 5) is 11.1. The molecule has 0 fully saturated rings. The van der Waals surface area contributed by atoms with Gasteiger partial charge in [0.15, 0.2) is 0 Å². The Morgan fingerprint density at radius 1 is 1.35 bits per heavy atom. The molecule has 1 amide bonds. The first kappa shape index (κ1) is 16.5. The smallest absolute Gasteiger partial charge is 0.327 e. The number of sulfone groups is 1. The van der Waals surface area contributed by atoms with Crippen LogP contribution in [0, 0.1) is 0 Å². The number of carbonyl (C=O) groups excluding carboxylic acids is 1. The fraction of sp³-hybridized carbons (Fsp3) is 0.417. The zero-order valence-corrected chi connectivity index (χ0v) is 11.7. The van der Waals surface area contributed by atoms with Crippen molar-refractivity contribution >= 4 is 21.4 Å². The first-order chi connectivity index (χ1) is 9.28. The van der Waals surface area contributed by atoms with Crippen LogP contribution < -0.4 is 11.1 Å². The number of nitrogens with one attached hydrogen (secondary N) is 1. The highest BCUT2D eigenvalue weighted by Crippen LogP contribution is 2.26. The number of carbonyl (C=O) groups is 1. The van der Waals surface area contributed by atoms with Crippen molar-refractivity contribution in [1.82, 2.24) is 0 Å². The van der Waals surface area contributed by atoms with Crippen LogP contribution in [0.25, 0.3) is 0 Å². The molecule has 0 aliphatic heterocycles. The summed E-state index contributed by atoms with van der Waals surface area (Å²) in [6.45, 7) is 1.80. The van der Waals surface area contributed by atoms with Crippen molar-refractivity contribution < 1.29 is 22.0 Å². The largest absolute Gasteiger partial charge is 0.341 e. The first-order valence-corrected chi connectivity index (χ1v) is 7.50. The van der Waals surface area contributed by atoms with Crippen molar-refractivity contribution in [3.8, 4) is 0 Å². The van der Waals surface area contributed by atoms with Crippen LogP contribution in [0.2, 0.25) is 0 Å². The van der Waals surface area contributed by atoms with Crippen molar-refractivity contribution in [2.24, 2.45) is 5.73 Å². The summed E-state index contributed by atoms with van der Waals surface area (Å²) < 4.78 is 48.1. The lowest BCUT2D eigenvalue weighted by molar-refractivity contribution is -0.116. The van der Waals surface area contributed by atoms with Crippen LogP contribution in [0.1, 0.15) is 19.8 Å². The number of nitrogens with two attached hydrogens (primary N) is 1. The monoisotopic (exact) mass is 306 g/mol. The number of amides is 1. The molecule has 1 rings (SSSR count). The van der Waals surface area contributed by atoms with Gasteiger partial charge in [-0.1, -0.05) is 19.1 Å². The number of hydrogen-bond acceptors (Lipinski definition) is 4. The van der Waals surface area contributed by atoms with Gasteiger partial charge < -0.3 is 11.1 Å². The Morgan fingerprint density at radius 3 is 2.50 bits per heavy atom. The zero-order valence-electron chi connectivity index (χ0n) is 10.8. The van der Waals surface area contributed by atoms with Crippen LogP contribution in [0.5, 0.6) is 0 Å². The predicted molar refractivity (Wildman–Crippen MR) is 71.1 cm³/mol. The van der Waals surface area contributed by atoms with Crippen LogP contribution in [-0.2, 0) is 14.6 Å². The number of benzene rings is 1. The lowest BCUT2D eigenvalue weighted by atomic mass is 10.1. The zero-order chi connectivity index (χ0) is 15.3. The van der Waals surface area contributed by atoms with Gasteiger partial charge in [-0.15, -0.1) is 0 Å². The fourth-order valence-electron chi connectivity index (χ4n) is 1.50. The maximum absolute atomic E-state index is 12.6. The van der Waals surface area contributed by atoms with Crippen LogP contribution in [0.15, 0.2) is 29.2 Å². The Kier molecular flexibility index (Phi) is 5.58. The number of para-hydroxylation sites is 1. The van der Waals surface area contributed by atoms with Crippen LogP contribution in [0.4, 0.5) is 14.5 Å². The van der Waals surface area contributed by atoms with E-state index in [4.69, 9.17) is 5.73 Å². The van der Waals surface area contributed by atoms with E-state index in [1.807, 2.05) is 0 Å². The normalized spacial score (nSPS) is 13.2. The summed E-state index contributed by atoms with van der Waals surface area (Å²) in [6, 6.07) is 4.66. The molecule has 0 bridgehead atoms. The quantitative estimate of drug-likeness (QED) is 0.838. The molecule has 20 heavy (non-hydrogen) atoms. The third kappa shape index (κ3) is 3.97. The van der Waals surface area contributed by atoms with Crippen molar-refractivity contribution in [2.75, 3.05) is 5.32 Å². The molecule has 0 aliphatic rings. The van der Waals surface area contributed by atoms with Crippen LogP contribution >= 0.6 is 0 Å². The number of hydrogen-bond donors (Lipinski definition) is 2. The van der Waals surface area contributed by atoms with E-state index < -0.39 is 26.4 Å². The van der Waals surface area contributed by atoms with Gasteiger partial charge in [0.05, 0.1) is 10.6 Å². The standard InChI is InChI=1S/C12H16F2N2O3S/c1-2-8(15)7-11(17)16-9-5-3-4-6-10(9)20(18,19)12(13)14/h3-6,8,12H,2,7,15H2,1H3,(H,16,17). The van der Waals surface area contributed by atoms with Crippen LogP contribution in [0.3, 0.4) is 0 Å². The molecule has 1 atom stereocenters.